The average Bonchev–Trinajstić information content (AvgIpc) is 3.29. The molecule has 6 nitrogen and oxygen atoms in total. The van der Waals surface area contributed by atoms with E-state index in [-0.39, 0.29) is 11.9 Å². The Morgan fingerprint density at radius 1 is 1.00 bits per heavy atom. The molecule has 0 aromatic heterocycles. The second kappa shape index (κ2) is 8.93. The van der Waals surface area contributed by atoms with Crippen LogP contribution in [-0.2, 0) is 9.59 Å². The van der Waals surface area contributed by atoms with Gasteiger partial charge in [0.2, 0.25) is 0 Å². The molecule has 0 unspecified atom stereocenters. The molecule has 29 heavy (non-hydrogen) atoms. The molecule has 0 saturated carbocycles. The number of carbonyl (C=O) groups is 2. The van der Waals surface area contributed by atoms with Gasteiger partial charge in [0.1, 0.15) is 26.2 Å². The highest BCUT2D eigenvalue weighted by atomic mass is 16.2. The number of quaternary nitrogens is 2. The van der Waals surface area contributed by atoms with Crippen molar-refractivity contribution in [3.63, 3.8) is 0 Å². The molecule has 2 aromatic carbocycles. The zero-order valence-corrected chi connectivity index (χ0v) is 17.2. The fourth-order valence-electron chi connectivity index (χ4n) is 4.53. The second-order valence-electron chi connectivity index (χ2n) is 8.45. The van der Waals surface area contributed by atoms with E-state index in [1.165, 1.54) is 15.2 Å². The molecular formula is C23H32N4O2+2. The van der Waals surface area contributed by atoms with Crippen molar-refractivity contribution in [1.29, 1.82) is 0 Å². The number of hydrogen-bond donors (Lipinski definition) is 3. The highest BCUT2D eigenvalue weighted by Crippen LogP contribution is 2.18. The Morgan fingerprint density at radius 2 is 1.69 bits per heavy atom. The van der Waals surface area contributed by atoms with Crippen LogP contribution in [0.5, 0.6) is 0 Å². The van der Waals surface area contributed by atoms with E-state index in [4.69, 9.17) is 0 Å². The van der Waals surface area contributed by atoms with Gasteiger partial charge in [0, 0.05) is 18.8 Å². The molecule has 2 aliphatic heterocycles. The molecule has 4 rings (SSSR count). The number of carbonyl (C=O) groups excluding carboxylic acids is 2. The van der Waals surface area contributed by atoms with Gasteiger partial charge in [-0.25, -0.2) is 0 Å². The van der Waals surface area contributed by atoms with Crippen molar-refractivity contribution in [1.82, 2.24) is 4.90 Å². The maximum Gasteiger partial charge on any atom is 0.282 e. The fraction of sp³-hybridized carbons (Fsp3) is 0.478. The van der Waals surface area contributed by atoms with Gasteiger partial charge >= 0.3 is 0 Å². The van der Waals surface area contributed by atoms with E-state index in [1.54, 1.807) is 0 Å². The van der Waals surface area contributed by atoms with Crippen LogP contribution in [0, 0.1) is 0 Å². The van der Waals surface area contributed by atoms with E-state index in [1.807, 2.05) is 42.2 Å². The van der Waals surface area contributed by atoms with Gasteiger partial charge in [-0.05, 0) is 42.7 Å². The first kappa shape index (κ1) is 19.9. The quantitative estimate of drug-likeness (QED) is 0.643. The van der Waals surface area contributed by atoms with Crippen LogP contribution in [0.1, 0.15) is 19.8 Å². The lowest BCUT2D eigenvalue weighted by Crippen LogP contribution is -3.30. The van der Waals surface area contributed by atoms with Crippen LogP contribution in [-0.4, -0.2) is 68.6 Å². The third kappa shape index (κ3) is 4.77. The van der Waals surface area contributed by atoms with Crippen molar-refractivity contribution in [2.45, 2.75) is 25.8 Å². The standard InChI is InChI=1S/C23H30N4O2/c1-18(23(29)24-21-9-8-19-6-2-3-7-20(19)16-21)26-14-12-25(13-15-26)17-22(28)27-10-4-5-11-27/h2-3,6-9,16,18H,4-5,10-15,17H2,1H3,(H,24,29)/p+2/t18-/m0/s1. The van der Waals surface area contributed by atoms with Crippen LogP contribution in [0.25, 0.3) is 10.8 Å². The minimum atomic E-state index is -0.0997. The van der Waals surface area contributed by atoms with E-state index < -0.39 is 0 Å². The Morgan fingerprint density at radius 3 is 2.41 bits per heavy atom. The molecule has 3 N–H and O–H groups in total. The Balaban J connectivity index is 1.27. The Hall–Kier alpha value is -2.44. The maximum absolute atomic E-state index is 12.8. The van der Waals surface area contributed by atoms with Crippen molar-refractivity contribution in [3.05, 3.63) is 42.5 Å². The largest absolute Gasteiger partial charge is 0.338 e. The zero-order chi connectivity index (χ0) is 20.2. The van der Waals surface area contributed by atoms with Crippen LogP contribution in [0.3, 0.4) is 0 Å². The summed E-state index contributed by atoms with van der Waals surface area (Å²) >= 11 is 0. The number of hydrogen-bond acceptors (Lipinski definition) is 2. The number of benzene rings is 2. The van der Waals surface area contributed by atoms with Crippen LogP contribution >= 0.6 is 0 Å². The number of anilines is 1. The van der Waals surface area contributed by atoms with Gasteiger partial charge in [-0.1, -0.05) is 30.3 Å². The zero-order valence-electron chi connectivity index (χ0n) is 17.2. The summed E-state index contributed by atoms with van der Waals surface area (Å²) in [5, 5.41) is 5.39. The molecule has 6 heteroatoms. The molecule has 2 aliphatic rings. The summed E-state index contributed by atoms with van der Waals surface area (Å²) in [5.41, 5.74) is 0.848. The predicted molar refractivity (Wildman–Crippen MR) is 114 cm³/mol. The summed E-state index contributed by atoms with van der Waals surface area (Å²) in [4.78, 5) is 29.8. The third-order valence-electron chi connectivity index (χ3n) is 6.48. The molecule has 1 atom stereocenters. The van der Waals surface area contributed by atoms with Crippen molar-refractivity contribution in [2.24, 2.45) is 0 Å². The Kier molecular flexibility index (Phi) is 6.11. The first-order valence-electron chi connectivity index (χ1n) is 10.9. The number of piperazine rings is 1. The van der Waals surface area contributed by atoms with Gasteiger partial charge in [0.15, 0.2) is 12.6 Å². The number of rotatable bonds is 5. The lowest BCUT2D eigenvalue weighted by Gasteiger charge is -2.32. The normalized spacial score (nSPS) is 23.1. The lowest BCUT2D eigenvalue weighted by atomic mass is 10.1. The third-order valence-corrected chi connectivity index (χ3v) is 6.48. The van der Waals surface area contributed by atoms with Crippen molar-refractivity contribution < 1.29 is 19.4 Å². The van der Waals surface area contributed by atoms with Crippen LogP contribution in [0.4, 0.5) is 5.69 Å². The molecule has 0 aliphatic carbocycles. The first-order valence-corrected chi connectivity index (χ1v) is 10.9. The highest BCUT2D eigenvalue weighted by molar-refractivity contribution is 5.96. The average molecular weight is 397 g/mol. The summed E-state index contributed by atoms with van der Waals surface area (Å²) in [5.74, 6) is 0.356. The SMILES string of the molecule is C[C@@H](C(=O)Nc1ccc2ccccc2c1)[NH+]1CC[NH+](CC(=O)N2CCCC2)CC1. The molecule has 2 amide bonds. The molecule has 0 radical (unpaired) electrons. The maximum atomic E-state index is 12.8. The van der Waals surface area contributed by atoms with Crippen LogP contribution < -0.4 is 15.1 Å². The van der Waals surface area contributed by atoms with E-state index in [9.17, 15) is 9.59 Å². The Bertz CT molecular complexity index is 870. The topological polar surface area (TPSA) is 58.3 Å². The van der Waals surface area contributed by atoms with E-state index >= 15 is 0 Å². The number of fused-ring (bicyclic) bond motifs is 1. The number of nitrogens with one attached hydrogen (secondary N) is 3. The summed E-state index contributed by atoms with van der Waals surface area (Å²) in [6.45, 7) is 8.21. The van der Waals surface area contributed by atoms with Crippen molar-refractivity contribution in [3.8, 4) is 0 Å². The molecule has 0 bridgehead atoms. The molecule has 2 aromatic rings. The number of likely N-dealkylation sites (tertiary alicyclic amines) is 1. The molecular weight excluding hydrogens is 364 g/mol. The van der Waals surface area contributed by atoms with E-state index in [0.29, 0.717) is 12.5 Å². The second-order valence-corrected chi connectivity index (χ2v) is 8.45. The summed E-state index contributed by atoms with van der Waals surface area (Å²) < 4.78 is 0. The molecule has 2 heterocycles. The highest BCUT2D eigenvalue weighted by Gasteiger charge is 2.32. The lowest BCUT2D eigenvalue weighted by molar-refractivity contribution is -1.01. The van der Waals surface area contributed by atoms with Crippen molar-refractivity contribution in [2.75, 3.05) is 51.1 Å². The van der Waals surface area contributed by atoms with Gasteiger partial charge in [-0.2, -0.15) is 0 Å². The van der Waals surface area contributed by atoms with Gasteiger partial charge in [0.25, 0.3) is 11.8 Å². The molecule has 2 fully saturated rings. The molecule has 0 spiro atoms. The summed E-state index contributed by atoms with van der Waals surface area (Å²) in [7, 11) is 0. The molecule has 154 valence electrons. The smallest absolute Gasteiger partial charge is 0.282 e. The van der Waals surface area contributed by atoms with Gasteiger partial charge in [0.05, 0.1) is 0 Å². The van der Waals surface area contributed by atoms with Gasteiger partial charge in [-0.3, -0.25) is 9.59 Å². The minimum Gasteiger partial charge on any atom is -0.338 e. The van der Waals surface area contributed by atoms with E-state index in [2.05, 4.69) is 17.4 Å². The minimum absolute atomic E-state index is 0.0619. The van der Waals surface area contributed by atoms with Gasteiger partial charge in [-0.15, -0.1) is 0 Å². The fourth-order valence-corrected chi connectivity index (χ4v) is 4.53. The summed E-state index contributed by atoms with van der Waals surface area (Å²) in [6, 6.07) is 14.1. The number of amides is 2. The summed E-state index contributed by atoms with van der Waals surface area (Å²) in [6.07, 6.45) is 2.28. The van der Waals surface area contributed by atoms with Crippen LogP contribution in [0.2, 0.25) is 0 Å². The van der Waals surface area contributed by atoms with Crippen molar-refractivity contribution >= 4 is 28.3 Å². The first-order chi connectivity index (χ1) is 14.1. The van der Waals surface area contributed by atoms with Crippen LogP contribution in [0.15, 0.2) is 42.5 Å². The van der Waals surface area contributed by atoms with E-state index in [0.717, 1.165) is 63.2 Å². The van der Waals surface area contributed by atoms with Gasteiger partial charge < -0.3 is 20.0 Å². The molecule has 2 saturated heterocycles. The predicted octanol–water partition coefficient (Wildman–Crippen LogP) is -0.427. The Labute approximate surface area is 172 Å². The monoisotopic (exact) mass is 396 g/mol. The number of nitrogens with zero attached hydrogens (tertiary/aromatic N) is 1.